The van der Waals surface area contributed by atoms with E-state index in [1.165, 1.54) is 0 Å². The number of hydrogen-bond donors (Lipinski definition) is 1. The van der Waals surface area contributed by atoms with Crippen LogP contribution >= 0.6 is 0 Å². The Balaban J connectivity index is 1.90. The van der Waals surface area contributed by atoms with Gasteiger partial charge in [-0.15, -0.1) is 0 Å². The highest BCUT2D eigenvalue weighted by Crippen LogP contribution is 2.24. The quantitative estimate of drug-likeness (QED) is 0.906. The lowest BCUT2D eigenvalue weighted by molar-refractivity contribution is 0.0993. The number of carbonyl (C=O) groups excluding carboxylic acids is 1. The van der Waals surface area contributed by atoms with E-state index in [-0.39, 0.29) is 11.7 Å². The molecule has 3 heterocycles. The summed E-state index contributed by atoms with van der Waals surface area (Å²) in [7, 11) is 0. The third kappa shape index (κ3) is 3.63. The monoisotopic (exact) mass is 345 g/mol. The van der Waals surface area contributed by atoms with Crippen LogP contribution in [-0.4, -0.2) is 47.2 Å². The summed E-state index contributed by atoms with van der Waals surface area (Å²) in [4.78, 5) is 27.8. The average molecular weight is 345 g/mol. The van der Waals surface area contributed by atoms with Gasteiger partial charge in [0, 0.05) is 31.3 Å². The molecule has 0 aromatic carbocycles. The lowest BCUT2D eigenvalue weighted by Gasteiger charge is -2.30. The third-order valence-corrected chi connectivity index (χ3v) is 4.19. The van der Waals surface area contributed by atoms with Crippen LogP contribution in [0, 0.1) is 20.8 Å². The predicted molar refractivity (Wildman–Crippen MR) is 93.1 cm³/mol. The number of rotatable bonds is 4. The minimum Gasteiger partial charge on any atom is -0.436 e. The molecule has 8 heteroatoms. The number of oxazole rings is 1. The number of ether oxygens (including phenoxy) is 1. The maximum absolute atomic E-state index is 12.4. The molecule has 2 aromatic heterocycles. The molecule has 2 aromatic rings. The van der Waals surface area contributed by atoms with Crippen molar-refractivity contribution in [2.24, 2.45) is 0 Å². The molecule has 0 saturated carbocycles. The number of morpholine rings is 1. The number of aryl methyl sites for hydroxylation is 3. The second-order valence-corrected chi connectivity index (χ2v) is 5.99. The molecule has 0 spiro atoms. The van der Waals surface area contributed by atoms with Gasteiger partial charge in [-0.25, -0.2) is 9.97 Å². The van der Waals surface area contributed by atoms with E-state index >= 15 is 0 Å². The molecule has 1 N–H and O–H groups in total. The number of carbonyl (C=O) groups is 1. The minimum absolute atomic E-state index is 0.186. The first-order valence-corrected chi connectivity index (χ1v) is 8.45. The summed E-state index contributed by atoms with van der Waals surface area (Å²) in [6.07, 6.45) is 0.827. The number of aromatic nitrogens is 3. The Morgan fingerprint density at radius 2 is 1.84 bits per heavy atom. The molecule has 1 fully saturated rings. The molecule has 0 aliphatic carbocycles. The van der Waals surface area contributed by atoms with Crippen molar-refractivity contribution in [1.82, 2.24) is 15.0 Å². The van der Waals surface area contributed by atoms with Gasteiger partial charge >= 0.3 is 0 Å². The molecular formula is C17H23N5O3. The number of hydrogen-bond acceptors (Lipinski definition) is 7. The zero-order chi connectivity index (χ0) is 18.0. The summed E-state index contributed by atoms with van der Waals surface area (Å²) < 4.78 is 10.8. The fourth-order valence-electron chi connectivity index (χ4n) is 2.99. The topological polar surface area (TPSA) is 93.4 Å². The molecule has 8 nitrogen and oxygen atoms in total. The van der Waals surface area contributed by atoms with Gasteiger partial charge in [-0.3, -0.25) is 10.1 Å². The van der Waals surface area contributed by atoms with Crippen LogP contribution in [0.3, 0.4) is 0 Å². The zero-order valence-electron chi connectivity index (χ0n) is 15.0. The van der Waals surface area contributed by atoms with Gasteiger partial charge in [0.1, 0.15) is 5.82 Å². The molecule has 134 valence electrons. The standard InChI is InChI=1S/C17H23N5O3/c1-5-13-10(2)19-17(20-15(13)22-6-8-24-9-7-22)21-16(23)14-11(3)18-12(4)25-14/h5-9H2,1-4H3,(H,19,20,21,23). The third-order valence-electron chi connectivity index (χ3n) is 4.19. The maximum Gasteiger partial charge on any atom is 0.295 e. The van der Waals surface area contributed by atoms with E-state index in [1.54, 1.807) is 13.8 Å². The van der Waals surface area contributed by atoms with Crippen molar-refractivity contribution in [2.45, 2.75) is 34.1 Å². The van der Waals surface area contributed by atoms with Crippen LogP contribution in [0.5, 0.6) is 0 Å². The Bertz CT molecular complexity index is 781. The van der Waals surface area contributed by atoms with Crippen molar-refractivity contribution >= 4 is 17.7 Å². The minimum atomic E-state index is -0.394. The second kappa shape index (κ2) is 7.18. The molecule has 0 radical (unpaired) electrons. The Morgan fingerprint density at radius 1 is 1.12 bits per heavy atom. The molecule has 0 bridgehead atoms. The smallest absolute Gasteiger partial charge is 0.295 e. The normalized spacial score (nSPS) is 14.6. The van der Waals surface area contributed by atoms with Crippen molar-refractivity contribution in [3.05, 3.63) is 28.6 Å². The maximum atomic E-state index is 12.4. The van der Waals surface area contributed by atoms with Gasteiger partial charge in [-0.2, -0.15) is 4.98 Å². The van der Waals surface area contributed by atoms with E-state index < -0.39 is 5.91 Å². The van der Waals surface area contributed by atoms with Crippen LogP contribution in [0.15, 0.2) is 4.42 Å². The lowest BCUT2D eigenvalue weighted by Crippen LogP contribution is -2.37. The Hall–Kier alpha value is -2.48. The lowest BCUT2D eigenvalue weighted by atomic mass is 10.1. The first-order valence-electron chi connectivity index (χ1n) is 8.45. The van der Waals surface area contributed by atoms with Crippen molar-refractivity contribution in [1.29, 1.82) is 0 Å². The summed E-state index contributed by atoms with van der Waals surface area (Å²) in [6.45, 7) is 10.3. The van der Waals surface area contributed by atoms with Gasteiger partial charge in [0.05, 0.1) is 18.9 Å². The van der Waals surface area contributed by atoms with E-state index in [9.17, 15) is 4.79 Å². The summed E-state index contributed by atoms with van der Waals surface area (Å²) >= 11 is 0. The van der Waals surface area contributed by atoms with Crippen LogP contribution < -0.4 is 10.2 Å². The average Bonchev–Trinajstić information content (AvgIpc) is 2.93. The first kappa shape index (κ1) is 17.3. The van der Waals surface area contributed by atoms with Crippen molar-refractivity contribution < 1.29 is 13.9 Å². The SMILES string of the molecule is CCc1c(C)nc(NC(=O)c2oc(C)nc2C)nc1N1CCOCC1. The second-order valence-electron chi connectivity index (χ2n) is 5.99. The van der Waals surface area contributed by atoms with Crippen molar-refractivity contribution in [3.63, 3.8) is 0 Å². The van der Waals surface area contributed by atoms with Gasteiger partial charge in [0.2, 0.25) is 11.7 Å². The highest BCUT2D eigenvalue weighted by molar-refractivity contribution is 6.02. The molecule has 1 amide bonds. The summed E-state index contributed by atoms with van der Waals surface area (Å²) in [5.74, 6) is 1.38. The molecule has 1 aliphatic rings. The van der Waals surface area contributed by atoms with Crippen molar-refractivity contribution in [2.75, 3.05) is 36.5 Å². The molecule has 1 aliphatic heterocycles. The van der Waals surface area contributed by atoms with E-state index in [1.807, 2.05) is 6.92 Å². The summed E-state index contributed by atoms with van der Waals surface area (Å²) in [6, 6.07) is 0. The molecule has 3 rings (SSSR count). The zero-order valence-corrected chi connectivity index (χ0v) is 15.0. The number of amides is 1. The fraction of sp³-hybridized carbons (Fsp3) is 0.529. The van der Waals surface area contributed by atoms with Crippen LogP contribution in [0.1, 0.15) is 40.3 Å². The highest BCUT2D eigenvalue weighted by atomic mass is 16.5. The predicted octanol–water partition coefficient (Wildman–Crippen LogP) is 2.04. The van der Waals surface area contributed by atoms with Crippen LogP contribution in [0.25, 0.3) is 0 Å². The van der Waals surface area contributed by atoms with Crippen molar-refractivity contribution in [3.8, 4) is 0 Å². The first-order chi connectivity index (χ1) is 12.0. The van der Waals surface area contributed by atoms with Gasteiger partial charge in [0.25, 0.3) is 5.91 Å². The summed E-state index contributed by atoms with van der Waals surface area (Å²) in [5, 5.41) is 2.73. The molecule has 0 atom stereocenters. The molecule has 0 unspecified atom stereocenters. The largest absolute Gasteiger partial charge is 0.436 e. The fourth-order valence-corrected chi connectivity index (χ4v) is 2.99. The highest BCUT2D eigenvalue weighted by Gasteiger charge is 2.21. The molecular weight excluding hydrogens is 322 g/mol. The van der Waals surface area contributed by atoms with E-state index in [4.69, 9.17) is 9.15 Å². The van der Waals surface area contributed by atoms with Crippen LogP contribution in [0.4, 0.5) is 11.8 Å². The van der Waals surface area contributed by atoms with Gasteiger partial charge in [-0.05, 0) is 20.3 Å². The number of anilines is 2. The Morgan fingerprint density at radius 3 is 2.44 bits per heavy atom. The van der Waals surface area contributed by atoms with Gasteiger partial charge in [0.15, 0.2) is 5.89 Å². The van der Waals surface area contributed by atoms with Crippen LogP contribution in [0.2, 0.25) is 0 Å². The van der Waals surface area contributed by atoms with Gasteiger partial charge in [-0.1, -0.05) is 6.92 Å². The van der Waals surface area contributed by atoms with E-state index in [2.05, 4.69) is 32.1 Å². The number of nitrogens with one attached hydrogen (secondary N) is 1. The van der Waals surface area contributed by atoms with Gasteiger partial charge < -0.3 is 14.1 Å². The van der Waals surface area contributed by atoms with Crippen LogP contribution in [-0.2, 0) is 11.2 Å². The van der Waals surface area contributed by atoms with E-state index in [0.717, 1.165) is 36.6 Å². The molecule has 25 heavy (non-hydrogen) atoms. The number of nitrogens with zero attached hydrogens (tertiary/aromatic N) is 4. The Kier molecular flexibility index (Phi) is 4.98. The van der Waals surface area contributed by atoms with E-state index in [0.29, 0.717) is 24.8 Å². The summed E-state index contributed by atoms with van der Waals surface area (Å²) in [5.41, 5.74) is 2.50. The Labute approximate surface area is 146 Å². The molecule has 1 saturated heterocycles.